The van der Waals surface area contributed by atoms with Crippen LogP contribution >= 0.6 is 0 Å². The van der Waals surface area contributed by atoms with Crippen molar-refractivity contribution in [2.24, 2.45) is 0 Å². The smallest absolute Gasteiger partial charge is 0.416 e. The van der Waals surface area contributed by atoms with Gasteiger partial charge in [-0.3, -0.25) is 4.98 Å². The van der Waals surface area contributed by atoms with E-state index in [-0.39, 0.29) is 16.9 Å². The maximum Gasteiger partial charge on any atom is 0.416 e. The van der Waals surface area contributed by atoms with Gasteiger partial charge >= 0.3 is 12.1 Å². The van der Waals surface area contributed by atoms with Crippen molar-refractivity contribution in [3.8, 4) is 16.9 Å². The molecule has 0 aliphatic rings. The van der Waals surface area contributed by atoms with E-state index in [2.05, 4.69) is 4.98 Å². The highest BCUT2D eigenvalue weighted by Crippen LogP contribution is 2.33. The van der Waals surface area contributed by atoms with Crippen molar-refractivity contribution in [3.05, 3.63) is 47.8 Å². The summed E-state index contributed by atoms with van der Waals surface area (Å²) in [5.41, 5.74) is -1.35. The molecular weight excluding hydrogens is 275 g/mol. The van der Waals surface area contributed by atoms with Crippen LogP contribution in [0.5, 0.6) is 5.75 Å². The molecule has 104 valence electrons. The van der Waals surface area contributed by atoms with Crippen LogP contribution in [0.25, 0.3) is 11.1 Å². The third-order valence-corrected chi connectivity index (χ3v) is 2.56. The van der Waals surface area contributed by atoms with E-state index in [0.717, 1.165) is 18.3 Å². The number of pyridine rings is 1. The molecule has 0 unspecified atom stereocenters. The highest BCUT2D eigenvalue weighted by Gasteiger charge is 2.32. The SMILES string of the molecule is O=C(O)c1cc(-c2cncc(O)c2)cc(C(F)(F)F)c1. The van der Waals surface area contributed by atoms with E-state index in [1.807, 2.05) is 0 Å². The van der Waals surface area contributed by atoms with E-state index in [1.165, 1.54) is 12.3 Å². The molecule has 1 aromatic carbocycles. The number of carboxylic acids is 1. The van der Waals surface area contributed by atoms with Gasteiger partial charge in [-0.25, -0.2) is 4.79 Å². The molecule has 0 saturated heterocycles. The number of nitrogens with zero attached hydrogens (tertiary/aromatic N) is 1. The van der Waals surface area contributed by atoms with Gasteiger partial charge in [0.1, 0.15) is 5.75 Å². The molecule has 0 saturated carbocycles. The number of alkyl halides is 3. The fraction of sp³-hybridized carbons (Fsp3) is 0.0769. The van der Waals surface area contributed by atoms with Crippen molar-refractivity contribution in [2.45, 2.75) is 6.18 Å². The highest BCUT2D eigenvalue weighted by molar-refractivity contribution is 5.90. The van der Waals surface area contributed by atoms with Gasteiger partial charge in [0.05, 0.1) is 17.3 Å². The molecule has 7 heteroatoms. The molecule has 0 amide bonds. The van der Waals surface area contributed by atoms with Gasteiger partial charge in [0.15, 0.2) is 0 Å². The van der Waals surface area contributed by atoms with Gasteiger partial charge in [0.2, 0.25) is 0 Å². The summed E-state index contributed by atoms with van der Waals surface area (Å²) < 4.78 is 38.2. The largest absolute Gasteiger partial charge is 0.506 e. The molecule has 0 fully saturated rings. The Kier molecular flexibility index (Phi) is 3.35. The van der Waals surface area contributed by atoms with E-state index < -0.39 is 23.3 Å². The van der Waals surface area contributed by atoms with E-state index in [0.29, 0.717) is 6.07 Å². The Labute approximate surface area is 111 Å². The lowest BCUT2D eigenvalue weighted by Crippen LogP contribution is -2.08. The predicted octanol–water partition coefficient (Wildman–Crippen LogP) is 3.17. The summed E-state index contributed by atoms with van der Waals surface area (Å²) >= 11 is 0. The predicted molar refractivity (Wildman–Crippen MR) is 63.3 cm³/mol. The third-order valence-electron chi connectivity index (χ3n) is 2.56. The first kappa shape index (κ1) is 13.9. The Hall–Kier alpha value is -2.57. The molecule has 2 rings (SSSR count). The van der Waals surface area contributed by atoms with E-state index in [1.54, 1.807) is 0 Å². The average Bonchev–Trinajstić information content (AvgIpc) is 2.37. The summed E-state index contributed by atoms with van der Waals surface area (Å²) in [5, 5.41) is 18.1. The van der Waals surface area contributed by atoms with Crippen LogP contribution in [0.3, 0.4) is 0 Å². The average molecular weight is 283 g/mol. The number of aromatic nitrogens is 1. The maximum absolute atomic E-state index is 12.7. The van der Waals surface area contributed by atoms with Gasteiger partial charge in [-0.15, -0.1) is 0 Å². The van der Waals surface area contributed by atoms with Gasteiger partial charge in [-0.05, 0) is 29.8 Å². The molecular formula is C13H8F3NO3. The highest BCUT2D eigenvalue weighted by atomic mass is 19.4. The number of hydrogen-bond donors (Lipinski definition) is 2. The maximum atomic E-state index is 12.7. The normalized spacial score (nSPS) is 11.3. The van der Waals surface area contributed by atoms with Gasteiger partial charge < -0.3 is 10.2 Å². The fourth-order valence-electron chi connectivity index (χ4n) is 1.67. The van der Waals surface area contributed by atoms with Crippen molar-refractivity contribution < 1.29 is 28.2 Å². The molecule has 0 spiro atoms. The molecule has 0 radical (unpaired) electrons. The number of hydrogen-bond acceptors (Lipinski definition) is 3. The van der Waals surface area contributed by atoms with Crippen molar-refractivity contribution in [1.82, 2.24) is 4.98 Å². The zero-order valence-corrected chi connectivity index (χ0v) is 9.85. The number of carbonyl (C=O) groups is 1. The number of carboxylic acid groups (broad SMARTS) is 1. The molecule has 0 atom stereocenters. The summed E-state index contributed by atoms with van der Waals surface area (Å²) in [4.78, 5) is 14.5. The Morgan fingerprint density at radius 2 is 1.75 bits per heavy atom. The number of benzene rings is 1. The number of halogens is 3. The zero-order chi connectivity index (χ0) is 14.9. The molecule has 4 nitrogen and oxygen atoms in total. The second kappa shape index (κ2) is 4.84. The van der Waals surface area contributed by atoms with E-state index >= 15 is 0 Å². The van der Waals surface area contributed by atoms with Crippen LogP contribution in [0, 0.1) is 0 Å². The standard InChI is InChI=1S/C13H8F3NO3/c14-13(15,16)10-2-7(1-8(3-10)12(19)20)9-4-11(18)6-17-5-9/h1-6,18H,(H,19,20). The van der Waals surface area contributed by atoms with Crippen LogP contribution in [0.1, 0.15) is 15.9 Å². The summed E-state index contributed by atoms with van der Waals surface area (Å²) in [5.74, 6) is -1.69. The number of aromatic hydroxyl groups is 1. The summed E-state index contributed by atoms with van der Waals surface area (Å²) in [7, 11) is 0. The first-order valence-corrected chi connectivity index (χ1v) is 5.37. The van der Waals surface area contributed by atoms with E-state index in [4.69, 9.17) is 5.11 Å². The zero-order valence-electron chi connectivity index (χ0n) is 9.85. The summed E-state index contributed by atoms with van der Waals surface area (Å²) in [6.45, 7) is 0. The quantitative estimate of drug-likeness (QED) is 0.888. The minimum Gasteiger partial charge on any atom is -0.506 e. The molecule has 2 N–H and O–H groups in total. The monoisotopic (exact) mass is 283 g/mol. The summed E-state index contributed by atoms with van der Waals surface area (Å²) in [6.07, 6.45) is -2.31. The topological polar surface area (TPSA) is 70.4 Å². The number of rotatable bonds is 2. The first-order chi connectivity index (χ1) is 9.27. The molecule has 0 bridgehead atoms. The minimum absolute atomic E-state index is 0.0145. The Balaban J connectivity index is 2.64. The van der Waals surface area contributed by atoms with Crippen LogP contribution in [-0.2, 0) is 6.18 Å². The lowest BCUT2D eigenvalue weighted by Gasteiger charge is -2.10. The van der Waals surface area contributed by atoms with Crippen molar-refractivity contribution >= 4 is 5.97 Å². The molecule has 1 heterocycles. The molecule has 2 aromatic rings. The second-order valence-corrected chi connectivity index (χ2v) is 4.03. The Morgan fingerprint density at radius 3 is 2.30 bits per heavy atom. The molecule has 20 heavy (non-hydrogen) atoms. The molecule has 1 aromatic heterocycles. The van der Waals surface area contributed by atoms with Gasteiger partial charge in [-0.1, -0.05) is 0 Å². The van der Waals surface area contributed by atoms with Crippen molar-refractivity contribution in [1.29, 1.82) is 0 Å². The van der Waals surface area contributed by atoms with Gasteiger partial charge in [0, 0.05) is 11.8 Å². The van der Waals surface area contributed by atoms with Gasteiger partial charge in [0.25, 0.3) is 0 Å². The molecule has 0 aliphatic heterocycles. The molecule has 0 aliphatic carbocycles. The van der Waals surface area contributed by atoms with Crippen LogP contribution in [0.15, 0.2) is 36.7 Å². The minimum atomic E-state index is -4.66. The fourth-order valence-corrected chi connectivity index (χ4v) is 1.67. The second-order valence-electron chi connectivity index (χ2n) is 4.03. The lowest BCUT2D eigenvalue weighted by molar-refractivity contribution is -0.137. The van der Waals surface area contributed by atoms with E-state index in [9.17, 15) is 23.1 Å². The van der Waals surface area contributed by atoms with Crippen LogP contribution < -0.4 is 0 Å². The van der Waals surface area contributed by atoms with Crippen LogP contribution in [0.2, 0.25) is 0 Å². The Morgan fingerprint density at radius 1 is 1.05 bits per heavy atom. The van der Waals surface area contributed by atoms with Crippen molar-refractivity contribution in [3.63, 3.8) is 0 Å². The van der Waals surface area contributed by atoms with Crippen LogP contribution in [-0.4, -0.2) is 21.2 Å². The number of aromatic carboxylic acids is 1. The van der Waals surface area contributed by atoms with Crippen LogP contribution in [0.4, 0.5) is 13.2 Å². The third kappa shape index (κ3) is 2.87. The van der Waals surface area contributed by atoms with Gasteiger partial charge in [-0.2, -0.15) is 13.2 Å². The van der Waals surface area contributed by atoms with Crippen molar-refractivity contribution in [2.75, 3.05) is 0 Å². The first-order valence-electron chi connectivity index (χ1n) is 5.37. The Bertz CT molecular complexity index is 668. The lowest BCUT2D eigenvalue weighted by atomic mass is 10.0. The summed E-state index contributed by atoms with van der Waals surface area (Å²) in [6, 6.07) is 3.66.